The van der Waals surface area contributed by atoms with Gasteiger partial charge < -0.3 is 14.4 Å². The van der Waals surface area contributed by atoms with E-state index in [0.717, 1.165) is 28.1 Å². The molecule has 0 spiro atoms. The van der Waals surface area contributed by atoms with E-state index in [4.69, 9.17) is 4.74 Å². The number of phenols is 1. The number of carbonyl (C=O) groups excluding carboxylic acids is 1. The van der Waals surface area contributed by atoms with E-state index in [1.165, 1.54) is 0 Å². The highest BCUT2D eigenvalue weighted by Gasteiger charge is 2.34. The van der Waals surface area contributed by atoms with Crippen molar-refractivity contribution in [2.24, 2.45) is 0 Å². The Balaban J connectivity index is 1.78. The molecule has 0 radical (unpaired) electrons. The first-order valence-corrected chi connectivity index (χ1v) is 8.80. The van der Waals surface area contributed by atoms with Gasteiger partial charge in [0.1, 0.15) is 11.5 Å². The molecule has 1 aromatic heterocycles. The molecule has 5 rings (SSSR count). The van der Waals surface area contributed by atoms with Gasteiger partial charge >= 0.3 is 0 Å². The third-order valence-corrected chi connectivity index (χ3v) is 5.22. The summed E-state index contributed by atoms with van der Waals surface area (Å²) in [5, 5.41) is 11.1. The van der Waals surface area contributed by atoms with E-state index < -0.39 is 0 Å². The van der Waals surface area contributed by atoms with Gasteiger partial charge in [-0.2, -0.15) is 0 Å². The van der Waals surface area contributed by atoms with Crippen LogP contribution in [0.25, 0.3) is 22.2 Å². The number of methoxy groups -OCH3 is 1. The van der Waals surface area contributed by atoms with Gasteiger partial charge in [0.15, 0.2) is 5.78 Å². The minimum absolute atomic E-state index is 0.0272. The Morgan fingerprint density at radius 1 is 0.926 bits per heavy atom. The Kier molecular flexibility index (Phi) is 3.34. The van der Waals surface area contributed by atoms with Gasteiger partial charge in [-0.05, 0) is 29.8 Å². The number of hydrogen-bond donors (Lipinski definition) is 1. The molecule has 0 saturated carbocycles. The number of aromatic nitrogens is 1. The van der Waals surface area contributed by atoms with Crippen molar-refractivity contribution >= 4 is 16.7 Å². The van der Waals surface area contributed by atoms with Crippen LogP contribution >= 0.6 is 0 Å². The standard InChI is InChI=1S/C23H17NO3/c1-27-15-11-9-14(10-12-15)13-24-18-7-4-8-19(25)20(18)21-22(24)16-5-2-3-6-17(16)23(21)26/h2-12,25H,13H2,1H3. The maximum atomic E-state index is 13.1. The number of fused-ring (bicyclic) bond motifs is 5. The van der Waals surface area contributed by atoms with Crippen LogP contribution < -0.4 is 4.74 Å². The monoisotopic (exact) mass is 355 g/mol. The molecule has 4 heteroatoms. The molecule has 1 heterocycles. The Morgan fingerprint density at radius 3 is 2.41 bits per heavy atom. The van der Waals surface area contributed by atoms with E-state index in [9.17, 15) is 9.90 Å². The molecule has 0 fully saturated rings. The molecule has 0 bridgehead atoms. The van der Waals surface area contributed by atoms with Crippen molar-refractivity contribution < 1.29 is 14.6 Å². The van der Waals surface area contributed by atoms with Crippen molar-refractivity contribution in [3.05, 3.63) is 83.4 Å². The van der Waals surface area contributed by atoms with Crippen molar-refractivity contribution in [1.82, 2.24) is 4.57 Å². The Bertz CT molecular complexity index is 1200. The topological polar surface area (TPSA) is 51.5 Å². The normalized spacial score (nSPS) is 12.3. The lowest BCUT2D eigenvalue weighted by atomic mass is 10.1. The van der Waals surface area contributed by atoms with Crippen LogP contribution in [0.3, 0.4) is 0 Å². The predicted molar refractivity (Wildman–Crippen MR) is 105 cm³/mol. The first kappa shape index (κ1) is 15.7. The number of ketones is 1. The average molecular weight is 355 g/mol. The van der Waals surface area contributed by atoms with Crippen LogP contribution in [0.15, 0.2) is 66.7 Å². The summed E-state index contributed by atoms with van der Waals surface area (Å²) in [7, 11) is 1.65. The smallest absolute Gasteiger partial charge is 0.196 e. The highest BCUT2D eigenvalue weighted by molar-refractivity contribution is 6.28. The molecule has 0 aliphatic heterocycles. The maximum Gasteiger partial charge on any atom is 0.196 e. The number of benzene rings is 3. The van der Waals surface area contributed by atoms with Gasteiger partial charge in [0.2, 0.25) is 0 Å². The Hall–Kier alpha value is -3.53. The van der Waals surface area contributed by atoms with E-state index >= 15 is 0 Å². The summed E-state index contributed by atoms with van der Waals surface area (Å²) in [5.41, 5.74) is 5.04. The van der Waals surface area contributed by atoms with Crippen LogP contribution in [0.4, 0.5) is 0 Å². The summed E-state index contributed by atoms with van der Waals surface area (Å²) in [6, 6.07) is 20.9. The molecule has 27 heavy (non-hydrogen) atoms. The zero-order chi connectivity index (χ0) is 18.5. The number of phenolic OH excluding ortho intramolecular Hbond substituents is 1. The molecular weight excluding hydrogens is 338 g/mol. The third kappa shape index (κ3) is 2.20. The first-order chi connectivity index (χ1) is 13.2. The predicted octanol–water partition coefficient (Wildman–Crippen LogP) is 4.62. The molecule has 3 aromatic carbocycles. The molecule has 1 N–H and O–H groups in total. The molecule has 4 aromatic rings. The first-order valence-electron chi connectivity index (χ1n) is 8.80. The second-order valence-corrected chi connectivity index (χ2v) is 6.70. The summed E-state index contributed by atoms with van der Waals surface area (Å²) in [6.45, 7) is 0.598. The van der Waals surface area contributed by atoms with Crippen molar-refractivity contribution in [3.63, 3.8) is 0 Å². The Morgan fingerprint density at radius 2 is 1.67 bits per heavy atom. The molecule has 0 unspecified atom stereocenters. The van der Waals surface area contributed by atoms with Crippen LogP contribution in [0.2, 0.25) is 0 Å². The lowest BCUT2D eigenvalue weighted by molar-refractivity contribution is 0.104. The summed E-state index contributed by atoms with van der Waals surface area (Å²) in [6.07, 6.45) is 0. The van der Waals surface area contributed by atoms with Crippen molar-refractivity contribution in [2.75, 3.05) is 7.11 Å². The van der Waals surface area contributed by atoms with Gasteiger partial charge in [-0.25, -0.2) is 0 Å². The summed E-state index contributed by atoms with van der Waals surface area (Å²) >= 11 is 0. The number of ether oxygens (including phenoxy) is 1. The summed E-state index contributed by atoms with van der Waals surface area (Å²) < 4.78 is 7.36. The number of nitrogens with zero attached hydrogens (tertiary/aromatic N) is 1. The zero-order valence-electron chi connectivity index (χ0n) is 14.8. The maximum absolute atomic E-state index is 13.1. The fraction of sp³-hybridized carbons (Fsp3) is 0.0870. The SMILES string of the molecule is COc1ccc(Cn2c3c(c4c(O)cccc42)C(=O)c2ccccc2-3)cc1. The number of aromatic hydroxyl groups is 1. The molecule has 0 saturated heterocycles. The highest BCUT2D eigenvalue weighted by atomic mass is 16.5. The van der Waals surface area contributed by atoms with Crippen molar-refractivity contribution in [3.8, 4) is 22.8 Å². The van der Waals surface area contributed by atoms with E-state index in [1.807, 2.05) is 60.7 Å². The summed E-state index contributed by atoms with van der Waals surface area (Å²) in [4.78, 5) is 13.1. The zero-order valence-corrected chi connectivity index (χ0v) is 14.8. The molecule has 0 amide bonds. The van der Waals surface area contributed by atoms with Crippen molar-refractivity contribution in [1.29, 1.82) is 0 Å². The molecule has 0 atom stereocenters. The highest BCUT2D eigenvalue weighted by Crippen LogP contribution is 2.45. The van der Waals surface area contributed by atoms with Gasteiger partial charge in [-0.15, -0.1) is 0 Å². The van der Waals surface area contributed by atoms with Crippen LogP contribution in [0.1, 0.15) is 21.5 Å². The largest absolute Gasteiger partial charge is 0.507 e. The number of hydrogen-bond acceptors (Lipinski definition) is 3. The molecule has 1 aliphatic carbocycles. The van der Waals surface area contributed by atoms with Crippen LogP contribution in [0.5, 0.6) is 11.5 Å². The Labute approximate surface area is 156 Å². The average Bonchev–Trinajstić information content (AvgIpc) is 3.18. The van der Waals surface area contributed by atoms with E-state index in [2.05, 4.69) is 4.57 Å². The minimum Gasteiger partial charge on any atom is -0.507 e. The fourth-order valence-electron chi connectivity index (χ4n) is 3.98. The molecule has 4 nitrogen and oxygen atoms in total. The van der Waals surface area contributed by atoms with Gasteiger partial charge in [-0.1, -0.05) is 42.5 Å². The van der Waals surface area contributed by atoms with Gasteiger partial charge in [0, 0.05) is 17.7 Å². The number of carbonyl (C=O) groups is 1. The minimum atomic E-state index is -0.0272. The van der Waals surface area contributed by atoms with Crippen molar-refractivity contribution in [2.45, 2.75) is 6.54 Å². The number of rotatable bonds is 3. The summed E-state index contributed by atoms with van der Waals surface area (Å²) in [5.74, 6) is 0.915. The van der Waals surface area contributed by atoms with Crippen LogP contribution in [0, 0.1) is 0 Å². The van der Waals surface area contributed by atoms with E-state index in [-0.39, 0.29) is 11.5 Å². The second-order valence-electron chi connectivity index (χ2n) is 6.70. The quantitative estimate of drug-likeness (QED) is 0.514. The van der Waals surface area contributed by atoms with E-state index in [0.29, 0.717) is 23.1 Å². The van der Waals surface area contributed by atoms with E-state index in [1.54, 1.807) is 13.2 Å². The van der Waals surface area contributed by atoms with Gasteiger partial charge in [0.25, 0.3) is 0 Å². The lowest BCUT2D eigenvalue weighted by Gasteiger charge is -2.12. The molecular formula is C23H17NO3. The van der Waals surface area contributed by atoms with Gasteiger partial charge in [-0.3, -0.25) is 4.79 Å². The fourth-order valence-corrected chi connectivity index (χ4v) is 3.98. The lowest BCUT2D eigenvalue weighted by Crippen LogP contribution is -2.01. The molecule has 1 aliphatic rings. The van der Waals surface area contributed by atoms with Crippen LogP contribution in [-0.4, -0.2) is 22.6 Å². The second kappa shape index (κ2) is 5.74. The third-order valence-electron chi connectivity index (χ3n) is 5.22. The molecule has 132 valence electrons. The van der Waals surface area contributed by atoms with Crippen LogP contribution in [-0.2, 0) is 6.54 Å². The van der Waals surface area contributed by atoms with Gasteiger partial charge in [0.05, 0.1) is 29.3 Å².